The fourth-order valence-electron chi connectivity index (χ4n) is 2.67. The predicted molar refractivity (Wildman–Crippen MR) is 110 cm³/mol. The molecule has 0 fully saturated rings. The Balaban J connectivity index is 2.20. The molecule has 5 nitrogen and oxygen atoms in total. The number of aryl methyl sites for hydroxylation is 1. The standard InChI is InChI=1S/C21H28N2O3S/c1-14(2)13-22-27(25,26)18-11-9-17(10-12-18)21(24)23-20-16(5)7-6-8-19(20)15(3)4/h6-12,14-15,22H,13H2,1-5H3,(H,23,24). The Bertz CT molecular complexity index is 902. The third kappa shape index (κ3) is 5.40. The van der Waals surface area contributed by atoms with Crippen LogP contribution in [0.3, 0.4) is 0 Å². The quantitative estimate of drug-likeness (QED) is 0.742. The van der Waals surface area contributed by atoms with Gasteiger partial charge < -0.3 is 5.32 Å². The van der Waals surface area contributed by atoms with Crippen molar-refractivity contribution in [2.24, 2.45) is 5.92 Å². The van der Waals surface area contributed by atoms with Crippen molar-refractivity contribution >= 4 is 21.6 Å². The second kappa shape index (κ2) is 8.67. The number of anilines is 1. The van der Waals surface area contributed by atoms with Crippen LogP contribution in [0.4, 0.5) is 5.69 Å². The third-order valence-electron chi connectivity index (χ3n) is 4.27. The van der Waals surface area contributed by atoms with E-state index in [0.717, 1.165) is 16.8 Å². The van der Waals surface area contributed by atoms with Crippen LogP contribution in [0.1, 0.15) is 55.1 Å². The van der Waals surface area contributed by atoms with Crippen LogP contribution >= 0.6 is 0 Å². The lowest BCUT2D eigenvalue weighted by Gasteiger charge is -2.16. The maximum Gasteiger partial charge on any atom is 0.255 e. The van der Waals surface area contributed by atoms with E-state index in [1.165, 1.54) is 24.3 Å². The monoisotopic (exact) mass is 388 g/mol. The Morgan fingerprint density at radius 2 is 1.63 bits per heavy atom. The van der Waals surface area contributed by atoms with Gasteiger partial charge in [0.05, 0.1) is 4.90 Å². The van der Waals surface area contributed by atoms with Gasteiger partial charge in [0.15, 0.2) is 0 Å². The highest BCUT2D eigenvalue weighted by molar-refractivity contribution is 7.89. The molecule has 0 aromatic heterocycles. The zero-order chi connectivity index (χ0) is 20.2. The molecule has 27 heavy (non-hydrogen) atoms. The van der Waals surface area contributed by atoms with Crippen LogP contribution in [-0.2, 0) is 10.0 Å². The summed E-state index contributed by atoms with van der Waals surface area (Å²) in [5, 5.41) is 2.97. The van der Waals surface area contributed by atoms with Gasteiger partial charge in [-0.15, -0.1) is 0 Å². The highest BCUT2D eigenvalue weighted by Gasteiger charge is 2.17. The fraction of sp³-hybridized carbons (Fsp3) is 0.381. The Morgan fingerprint density at radius 3 is 2.19 bits per heavy atom. The number of carbonyl (C=O) groups is 1. The van der Waals surface area contributed by atoms with Crippen LogP contribution in [0.2, 0.25) is 0 Å². The zero-order valence-electron chi connectivity index (χ0n) is 16.5. The number of amides is 1. The lowest BCUT2D eigenvalue weighted by Crippen LogP contribution is -2.27. The molecule has 2 aromatic carbocycles. The van der Waals surface area contributed by atoms with E-state index in [1.54, 1.807) is 0 Å². The molecule has 0 aliphatic heterocycles. The molecule has 0 saturated carbocycles. The number of nitrogens with one attached hydrogen (secondary N) is 2. The smallest absolute Gasteiger partial charge is 0.255 e. The average molecular weight is 389 g/mol. The zero-order valence-corrected chi connectivity index (χ0v) is 17.4. The molecule has 0 bridgehead atoms. The van der Waals surface area contributed by atoms with Crippen molar-refractivity contribution in [3.8, 4) is 0 Å². The van der Waals surface area contributed by atoms with E-state index >= 15 is 0 Å². The van der Waals surface area contributed by atoms with Crippen LogP contribution in [0.25, 0.3) is 0 Å². The molecule has 146 valence electrons. The molecule has 0 radical (unpaired) electrons. The molecule has 2 N–H and O–H groups in total. The number of rotatable bonds is 7. The van der Waals surface area contributed by atoms with Crippen LogP contribution in [0.15, 0.2) is 47.4 Å². The van der Waals surface area contributed by atoms with E-state index in [4.69, 9.17) is 0 Å². The van der Waals surface area contributed by atoms with Crippen LogP contribution in [0, 0.1) is 12.8 Å². The van der Waals surface area contributed by atoms with E-state index in [2.05, 4.69) is 23.9 Å². The minimum Gasteiger partial charge on any atom is -0.321 e. The first kappa shape index (κ1) is 21.1. The minimum absolute atomic E-state index is 0.151. The van der Waals surface area contributed by atoms with E-state index in [-0.39, 0.29) is 22.6 Å². The van der Waals surface area contributed by atoms with Gasteiger partial charge in [-0.05, 0) is 54.2 Å². The topological polar surface area (TPSA) is 75.3 Å². The van der Waals surface area contributed by atoms with Gasteiger partial charge in [-0.3, -0.25) is 4.79 Å². The lowest BCUT2D eigenvalue weighted by atomic mass is 9.98. The minimum atomic E-state index is -3.56. The van der Waals surface area contributed by atoms with Crippen molar-refractivity contribution in [2.45, 2.75) is 45.4 Å². The molecule has 0 aliphatic rings. The number of carbonyl (C=O) groups excluding carboxylic acids is 1. The summed E-state index contributed by atoms with van der Waals surface area (Å²) < 4.78 is 27.1. The highest BCUT2D eigenvalue weighted by atomic mass is 32.2. The normalized spacial score (nSPS) is 11.8. The molecule has 2 rings (SSSR count). The second-order valence-electron chi connectivity index (χ2n) is 7.42. The molecule has 0 spiro atoms. The number of hydrogen-bond donors (Lipinski definition) is 2. The Labute approximate surface area is 162 Å². The maximum atomic E-state index is 12.6. The molecule has 0 atom stereocenters. The summed E-state index contributed by atoms with van der Waals surface area (Å²) in [5.74, 6) is 0.235. The van der Waals surface area contributed by atoms with E-state index in [1.807, 2.05) is 39.0 Å². The van der Waals surface area contributed by atoms with E-state index in [9.17, 15) is 13.2 Å². The van der Waals surface area contributed by atoms with Gasteiger partial charge in [-0.1, -0.05) is 45.9 Å². The molecule has 1 amide bonds. The number of para-hydroxylation sites is 1. The van der Waals surface area contributed by atoms with Crippen LogP contribution in [-0.4, -0.2) is 20.9 Å². The molecule has 2 aromatic rings. The Hall–Kier alpha value is -2.18. The van der Waals surface area contributed by atoms with E-state index in [0.29, 0.717) is 12.1 Å². The summed E-state index contributed by atoms with van der Waals surface area (Å²) in [5.41, 5.74) is 3.29. The van der Waals surface area contributed by atoms with Crippen LogP contribution < -0.4 is 10.0 Å². The first-order valence-electron chi connectivity index (χ1n) is 9.12. The van der Waals surface area contributed by atoms with Gasteiger partial charge in [-0.25, -0.2) is 13.1 Å². The summed E-state index contributed by atoms with van der Waals surface area (Å²) in [6, 6.07) is 11.9. The van der Waals surface area contributed by atoms with Crippen molar-refractivity contribution < 1.29 is 13.2 Å². The van der Waals surface area contributed by atoms with E-state index < -0.39 is 10.0 Å². The summed E-state index contributed by atoms with van der Waals surface area (Å²) in [6.07, 6.45) is 0. The van der Waals surface area contributed by atoms with Gasteiger partial charge in [0.2, 0.25) is 10.0 Å². The van der Waals surface area contributed by atoms with Crippen molar-refractivity contribution in [3.05, 3.63) is 59.2 Å². The first-order valence-corrected chi connectivity index (χ1v) is 10.6. The Morgan fingerprint density at radius 1 is 1.00 bits per heavy atom. The molecular formula is C21H28N2O3S. The molecule has 0 heterocycles. The molecule has 0 saturated heterocycles. The number of sulfonamides is 1. The predicted octanol–water partition coefficient (Wildman–Crippen LogP) is 4.31. The maximum absolute atomic E-state index is 12.6. The summed E-state index contributed by atoms with van der Waals surface area (Å²) in [6.45, 7) is 10.4. The van der Waals surface area contributed by atoms with Gasteiger partial charge >= 0.3 is 0 Å². The van der Waals surface area contributed by atoms with Crippen molar-refractivity contribution in [3.63, 3.8) is 0 Å². The van der Waals surface area contributed by atoms with Crippen molar-refractivity contribution in [1.29, 1.82) is 0 Å². The summed E-state index contributed by atoms with van der Waals surface area (Å²) >= 11 is 0. The SMILES string of the molecule is Cc1cccc(C(C)C)c1NC(=O)c1ccc(S(=O)(=O)NCC(C)C)cc1. The fourth-order valence-corrected chi connectivity index (χ4v) is 3.89. The largest absolute Gasteiger partial charge is 0.321 e. The van der Waals surface area contributed by atoms with Crippen molar-refractivity contribution in [1.82, 2.24) is 4.72 Å². The molecule has 6 heteroatoms. The van der Waals surface area contributed by atoms with Gasteiger partial charge in [0, 0.05) is 17.8 Å². The first-order chi connectivity index (χ1) is 12.6. The second-order valence-corrected chi connectivity index (χ2v) is 9.19. The highest BCUT2D eigenvalue weighted by Crippen LogP contribution is 2.28. The summed E-state index contributed by atoms with van der Waals surface area (Å²) in [4.78, 5) is 12.8. The average Bonchev–Trinajstić information content (AvgIpc) is 2.61. The molecular weight excluding hydrogens is 360 g/mol. The number of benzene rings is 2. The lowest BCUT2D eigenvalue weighted by molar-refractivity contribution is 0.102. The number of hydrogen-bond acceptors (Lipinski definition) is 3. The summed E-state index contributed by atoms with van der Waals surface area (Å²) in [7, 11) is -3.56. The van der Waals surface area contributed by atoms with Crippen molar-refractivity contribution in [2.75, 3.05) is 11.9 Å². The third-order valence-corrected chi connectivity index (χ3v) is 5.71. The molecule has 0 unspecified atom stereocenters. The van der Waals surface area contributed by atoms with Crippen LogP contribution in [0.5, 0.6) is 0 Å². The van der Waals surface area contributed by atoms with Gasteiger partial charge in [0.1, 0.15) is 0 Å². The van der Waals surface area contributed by atoms with Gasteiger partial charge in [-0.2, -0.15) is 0 Å². The Kier molecular flexibility index (Phi) is 6.78. The van der Waals surface area contributed by atoms with Gasteiger partial charge in [0.25, 0.3) is 5.91 Å². The molecule has 0 aliphatic carbocycles.